The number of benzene rings is 1. The van der Waals surface area contributed by atoms with Crippen LogP contribution in [0.2, 0.25) is 0 Å². The zero-order valence-corrected chi connectivity index (χ0v) is 12.7. The fraction of sp³-hybridized carbons (Fsp3) is 0.600. The summed E-state index contributed by atoms with van der Waals surface area (Å²) in [6, 6.07) is 5.91. The fourth-order valence-electron chi connectivity index (χ4n) is 2.13. The van der Waals surface area contributed by atoms with Crippen molar-refractivity contribution < 1.29 is 4.39 Å². The van der Waals surface area contributed by atoms with E-state index in [-0.39, 0.29) is 11.2 Å². The molecular weight excluding hydrogens is 293 g/mol. The molecule has 1 N–H and O–H groups in total. The number of rotatable bonds is 6. The Hall–Kier alpha value is -0.410. The lowest BCUT2D eigenvalue weighted by molar-refractivity contribution is 0.285. The lowest BCUT2D eigenvalue weighted by Gasteiger charge is -2.29. The summed E-state index contributed by atoms with van der Waals surface area (Å²) in [4.78, 5) is 0. The van der Waals surface area contributed by atoms with Crippen LogP contribution in [0.1, 0.15) is 38.7 Å². The Morgan fingerprint density at radius 3 is 2.78 bits per heavy atom. The molecule has 1 aliphatic rings. The molecule has 0 aromatic heterocycles. The minimum atomic E-state index is -0.0932. The predicted molar refractivity (Wildman–Crippen MR) is 77.2 cm³/mol. The monoisotopic (exact) mass is 313 g/mol. The highest BCUT2D eigenvalue weighted by Gasteiger charge is 2.28. The van der Waals surface area contributed by atoms with E-state index in [1.54, 1.807) is 12.1 Å². The van der Waals surface area contributed by atoms with Crippen molar-refractivity contribution in [2.75, 3.05) is 6.54 Å². The van der Waals surface area contributed by atoms with E-state index in [2.05, 4.69) is 35.1 Å². The fourth-order valence-corrected chi connectivity index (χ4v) is 2.54. The van der Waals surface area contributed by atoms with E-state index in [9.17, 15) is 4.39 Å². The molecule has 100 valence electrons. The Kier molecular flexibility index (Phi) is 4.44. The molecule has 0 spiro atoms. The van der Waals surface area contributed by atoms with Gasteiger partial charge in [0.25, 0.3) is 0 Å². The molecule has 1 aliphatic carbocycles. The second kappa shape index (κ2) is 5.70. The molecule has 1 nitrogen and oxygen atoms in total. The summed E-state index contributed by atoms with van der Waals surface area (Å²) in [5, 5.41) is 3.57. The second-order valence-corrected chi connectivity index (χ2v) is 6.65. The summed E-state index contributed by atoms with van der Waals surface area (Å²) in [7, 11) is 0. The van der Waals surface area contributed by atoms with Crippen LogP contribution in [-0.2, 0) is 6.42 Å². The molecule has 18 heavy (non-hydrogen) atoms. The summed E-state index contributed by atoms with van der Waals surface area (Å²) in [5.41, 5.74) is 0.941. The number of halogens is 2. The van der Waals surface area contributed by atoms with Gasteiger partial charge in [0.05, 0.1) is 0 Å². The van der Waals surface area contributed by atoms with Gasteiger partial charge >= 0.3 is 0 Å². The van der Waals surface area contributed by atoms with Crippen LogP contribution < -0.4 is 5.32 Å². The molecule has 3 heteroatoms. The van der Waals surface area contributed by atoms with E-state index in [0.29, 0.717) is 6.04 Å². The van der Waals surface area contributed by atoms with Crippen molar-refractivity contribution in [3.63, 3.8) is 0 Å². The van der Waals surface area contributed by atoms with Crippen LogP contribution in [0, 0.1) is 11.2 Å². The molecule has 1 atom stereocenters. The minimum absolute atomic E-state index is 0.0932. The second-order valence-electron chi connectivity index (χ2n) is 5.73. The Labute approximate surface area is 117 Å². The first-order chi connectivity index (χ1) is 8.52. The molecule has 1 aromatic carbocycles. The van der Waals surface area contributed by atoms with E-state index in [1.807, 2.05) is 6.07 Å². The Morgan fingerprint density at radius 1 is 1.44 bits per heavy atom. The first kappa shape index (κ1) is 14.0. The maximum atomic E-state index is 13.8. The van der Waals surface area contributed by atoms with Crippen molar-refractivity contribution in [3.05, 3.63) is 34.1 Å². The highest BCUT2D eigenvalue weighted by Crippen LogP contribution is 2.30. The number of nitrogens with one attached hydrogen (secondary N) is 1. The molecule has 1 fully saturated rings. The lowest BCUT2D eigenvalue weighted by Crippen LogP contribution is -2.34. The molecule has 0 bridgehead atoms. The molecule has 0 aliphatic heterocycles. The van der Waals surface area contributed by atoms with Gasteiger partial charge in [-0.05, 0) is 54.9 Å². The van der Waals surface area contributed by atoms with Gasteiger partial charge in [0.1, 0.15) is 5.82 Å². The topological polar surface area (TPSA) is 12.0 Å². The Bertz CT molecular complexity index is 417. The average Bonchev–Trinajstić information content (AvgIpc) is 3.15. The summed E-state index contributed by atoms with van der Waals surface area (Å²) < 4.78 is 14.8. The van der Waals surface area contributed by atoms with Gasteiger partial charge in [-0.15, -0.1) is 0 Å². The maximum absolute atomic E-state index is 13.8. The Morgan fingerprint density at radius 2 is 2.17 bits per heavy atom. The maximum Gasteiger partial charge on any atom is 0.126 e. The van der Waals surface area contributed by atoms with E-state index in [0.717, 1.165) is 29.4 Å². The molecule has 0 saturated heterocycles. The zero-order chi connectivity index (χ0) is 13.2. The van der Waals surface area contributed by atoms with Gasteiger partial charge < -0.3 is 5.32 Å². The summed E-state index contributed by atoms with van der Waals surface area (Å²) in [6.07, 6.45) is 4.43. The van der Waals surface area contributed by atoms with Crippen LogP contribution in [0.4, 0.5) is 4.39 Å². The molecular formula is C15H21BrFN. The molecule has 2 rings (SSSR count). The van der Waals surface area contributed by atoms with Gasteiger partial charge in [-0.2, -0.15) is 0 Å². The zero-order valence-electron chi connectivity index (χ0n) is 11.1. The minimum Gasteiger partial charge on any atom is -0.313 e. The summed E-state index contributed by atoms with van der Waals surface area (Å²) in [6.45, 7) is 5.40. The van der Waals surface area contributed by atoms with Gasteiger partial charge in [0.15, 0.2) is 0 Å². The third kappa shape index (κ3) is 3.79. The number of hydrogen-bond donors (Lipinski definition) is 1. The smallest absolute Gasteiger partial charge is 0.126 e. The third-order valence-corrected chi connectivity index (χ3v) is 4.37. The van der Waals surface area contributed by atoms with Crippen molar-refractivity contribution in [1.82, 2.24) is 5.32 Å². The molecule has 1 unspecified atom stereocenters. The average molecular weight is 314 g/mol. The molecule has 0 amide bonds. The quantitative estimate of drug-likeness (QED) is 0.825. The summed E-state index contributed by atoms with van der Waals surface area (Å²) >= 11 is 3.42. The predicted octanol–water partition coefficient (Wildman–Crippen LogP) is 4.30. The van der Waals surface area contributed by atoms with Crippen molar-refractivity contribution in [1.29, 1.82) is 0 Å². The summed E-state index contributed by atoms with van der Waals surface area (Å²) in [5.74, 6) is -0.0932. The van der Waals surface area contributed by atoms with Crippen LogP contribution in [0.25, 0.3) is 0 Å². The molecule has 1 saturated carbocycles. The normalized spacial score (nSPS) is 18.7. The first-order valence-electron chi connectivity index (χ1n) is 6.70. The van der Waals surface area contributed by atoms with E-state index >= 15 is 0 Å². The SMILES string of the molecule is CCC(C)(CNC1CC1)Cc1cc(Br)ccc1F. The third-order valence-electron chi connectivity index (χ3n) is 3.87. The van der Waals surface area contributed by atoms with Crippen LogP contribution in [-0.4, -0.2) is 12.6 Å². The largest absolute Gasteiger partial charge is 0.313 e. The Balaban J connectivity index is 2.04. The van der Waals surface area contributed by atoms with Gasteiger partial charge in [0, 0.05) is 17.1 Å². The van der Waals surface area contributed by atoms with Crippen molar-refractivity contribution in [2.45, 2.75) is 45.6 Å². The highest BCUT2D eigenvalue weighted by atomic mass is 79.9. The first-order valence-corrected chi connectivity index (χ1v) is 7.49. The van der Waals surface area contributed by atoms with Crippen LogP contribution >= 0.6 is 15.9 Å². The van der Waals surface area contributed by atoms with Crippen molar-refractivity contribution in [2.24, 2.45) is 5.41 Å². The molecule has 0 radical (unpaired) electrons. The number of hydrogen-bond acceptors (Lipinski definition) is 1. The van der Waals surface area contributed by atoms with Gasteiger partial charge in [-0.25, -0.2) is 4.39 Å². The van der Waals surface area contributed by atoms with Crippen molar-refractivity contribution >= 4 is 15.9 Å². The van der Waals surface area contributed by atoms with Gasteiger partial charge in [0.2, 0.25) is 0 Å². The molecule has 0 heterocycles. The van der Waals surface area contributed by atoms with Gasteiger partial charge in [-0.3, -0.25) is 0 Å². The lowest BCUT2D eigenvalue weighted by atomic mass is 9.81. The molecule has 1 aromatic rings. The van der Waals surface area contributed by atoms with E-state index < -0.39 is 0 Å². The van der Waals surface area contributed by atoms with Crippen LogP contribution in [0.15, 0.2) is 22.7 Å². The standard InChI is InChI=1S/C15H21BrFN/c1-3-15(2,10-18-13-5-6-13)9-11-8-12(16)4-7-14(11)17/h4,7-8,13,18H,3,5-6,9-10H2,1-2H3. The van der Waals surface area contributed by atoms with Crippen LogP contribution in [0.3, 0.4) is 0 Å². The van der Waals surface area contributed by atoms with E-state index in [4.69, 9.17) is 0 Å². The van der Waals surface area contributed by atoms with E-state index in [1.165, 1.54) is 12.8 Å². The van der Waals surface area contributed by atoms with Gasteiger partial charge in [-0.1, -0.05) is 29.8 Å². The highest BCUT2D eigenvalue weighted by molar-refractivity contribution is 9.10. The van der Waals surface area contributed by atoms with Crippen LogP contribution in [0.5, 0.6) is 0 Å². The van der Waals surface area contributed by atoms with Crippen molar-refractivity contribution in [3.8, 4) is 0 Å².